The van der Waals surface area contributed by atoms with Crippen LogP contribution in [0.1, 0.15) is 29.8 Å². The molecule has 0 spiro atoms. The molecule has 136 valence electrons. The van der Waals surface area contributed by atoms with E-state index in [0.717, 1.165) is 6.08 Å². The molecule has 1 heterocycles. The molecule has 0 fully saturated rings. The van der Waals surface area contributed by atoms with Crippen molar-refractivity contribution in [3.05, 3.63) is 29.0 Å². The van der Waals surface area contributed by atoms with E-state index >= 15 is 0 Å². The standard InChI is InChI=1S/C18H17NO7/c1-7(20)12-8(21)5-11-18(2,16(12)22)14-10(25-4)6-9(24-3)13(17(19)23)15(14)26-11/h5-6,12H,1-4H3,(H2,19,23)/t12?,18-/m1/s1. The number of nitrogens with two attached hydrogens (primary N) is 1. The van der Waals surface area contributed by atoms with Gasteiger partial charge in [0, 0.05) is 12.1 Å². The predicted molar refractivity (Wildman–Crippen MR) is 88.3 cm³/mol. The molecule has 26 heavy (non-hydrogen) atoms. The Morgan fingerprint density at radius 1 is 1.19 bits per heavy atom. The van der Waals surface area contributed by atoms with Gasteiger partial charge in [-0.15, -0.1) is 0 Å². The number of ether oxygens (including phenoxy) is 3. The molecule has 1 aromatic rings. The number of Topliss-reactive ketones (excluding diaryl/α,β-unsaturated/α-hetero) is 2. The molecule has 1 aromatic carbocycles. The minimum atomic E-state index is -1.46. The second-order valence-corrected chi connectivity index (χ2v) is 6.27. The van der Waals surface area contributed by atoms with Crippen LogP contribution in [0.5, 0.6) is 17.2 Å². The second-order valence-electron chi connectivity index (χ2n) is 6.27. The van der Waals surface area contributed by atoms with Gasteiger partial charge in [-0.25, -0.2) is 0 Å². The number of methoxy groups -OCH3 is 2. The van der Waals surface area contributed by atoms with Crippen LogP contribution < -0.4 is 19.9 Å². The van der Waals surface area contributed by atoms with E-state index in [1.54, 1.807) is 0 Å². The molecule has 8 heteroatoms. The van der Waals surface area contributed by atoms with Crippen LogP contribution in [0.25, 0.3) is 0 Å². The number of fused-ring (bicyclic) bond motifs is 3. The largest absolute Gasteiger partial charge is 0.496 e. The summed E-state index contributed by atoms with van der Waals surface area (Å²) in [7, 11) is 2.72. The molecule has 0 saturated carbocycles. The van der Waals surface area contributed by atoms with Crippen molar-refractivity contribution in [1.29, 1.82) is 0 Å². The number of carbonyl (C=O) groups is 4. The Morgan fingerprint density at radius 2 is 1.81 bits per heavy atom. The highest BCUT2D eigenvalue weighted by Gasteiger charge is 2.58. The summed E-state index contributed by atoms with van der Waals surface area (Å²) >= 11 is 0. The Labute approximate surface area is 148 Å². The van der Waals surface area contributed by atoms with E-state index in [1.165, 1.54) is 34.1 Å². The summed E-state index contributed by atoms with van der Waals surface area (Å²) in [6.07, 6.45) is 1.12. The van der Waals surface area contributed by atoms with Gasteiger partial charge in [-0.3, -0.25) is 19.2 Å². The van der Waals surface area contributed by atoms with E-state index in [4.69, 9.17) is 19.9 Å². The van der Waals surface area contributed by atoms with Crippen LogP contribution in [0.3, 0.4) is 0 Å². The average molecular weight is 359 g/mol. The fourth-order valence-corrected chi connectivity index (χ4v) is 3.51. The maximum atomic E-state index is 13.1. The fraction of sp³-hybridized carbons (Fsp3) is 0.333. The Kier molecular flexibility index (Phi) is 3.86. The molecular formula is C18H17NO7. The van der Waals surface area contributed by atoms with E-state index < -0.39 is 34.6 Å². The highest BCUT2D eigenvalue weighted by molar-refractivity contribution is 6.27. The number of carbonyl (C=O) groups excluding carboxylic acids is 4. The number of rotatable bonds is 4. The van der Waals surface area contributed by atoms with Crippen LogP contribution in [0, 0.1) is 5.92 Å². The zero-order chi connectivity index (χ0) is 19.4. The van der Waals surface area contributed by atoms with Gasteiger partial charge in [0.15, 0.2) is 17.3 Å². The monoisotopic (exact) mass is 359 g/mol. The fourth-order valence-electron chi connectivity index (χ4n) is 3.51. The number of hydrogen-bond donors (Lipinski definition) is 1. The van der Waals surface area contributed by atoms with Gasteiger partial charge >= 0.3 is 0 Å². The Bertz CT molecular complexity index is 915. The maximum absolute atomic E-state index is 13.1. The van der Waals surface area contributed by atoms with Gasteiger partial charge in [0.2, 0.25) is 0 Å². The Balaban J connectivity index is 2.39. The molecule has 0 radical (unpaired) electrons. The van der Waals surface area contributed by atoms with E-state index in [0.29, 0.717) is 0 Å². The van der Waals surface area contributed by atoms with Crippen molar-refractivity contribution >= 4 is 23.3 Å². The third kappa shape index (κ3) is 2.08. The summed E-state index contributed by atoms with van der Waals surface area (Å²) in [5.41, 5.74) is 4.17. The van der Waals surface area contributed by atoms with Crippen LogP contribution in [-0.2, 0) is 19.8 Å². The first kappa shape index (κ1) is 17.7. The summed E-state index contributed by atoms with van der Waals surface area (Å²) in [5, 5.41) is 0. The topological polar surface area (TPSA) is 122 Å². The smallest absolute Gasteiger partial charge is 0.256 e. The Hall–Kier alpha value is -3.16. The minimum absolute atomic E-state index is 0.00666. The number of amides is 1. The van der Waals surface area contributed by atoms with E-state index in [1.807, 2.05) is 0 Å². The van der Waals surface area contributed by atoms with Crippen molar-refractivity contribution < 1.29 is 33.4 Å². The number of ketones is 3. The average Bonchev–Trinajstić information content (AvgIpc) is 2.86. The molecule has 1 unspecified atom stereocenters. The zero-order valence-electron chi connectivity index (χ0n) is 14.7. The third-order valence-electron chi connectivity index (χ3n) is 4.82. The number of allylic oxidation sites excluding steroid dienone is 2. The first-order valence-electron chi connectivity index (χ1n) is 7.76. The molecule has 3 rings (SSSR count). The third-order valence-corrected chi connectivity index (χ3v) is 4.82. The highest BCUT2D eigenvalue weighted by Crippen LogP contribution is 2.56. The predicted octanol–water partition coefficient (Wildman–Crippen LogP) is 0.694. The molecule has 1 aliphatic carbocycles. The molecule has 0 bridgehead atoms. The Morgan fingerprint density at radius 3 is 2.31 bits per heavy atom. The van der Waals surface area contributed by atoms with Crippen LogP contribution in [0.4, 0.5) is 0 Å². The van der Waals surface area contributed by atoms with Crippen molar-refractivity contribution in [2.24, 2.45) is 11.7 Å². The van der Waals surface area contributed by atoms with Gasteiger partial charge in [-0.2, -0.15) is 0 Å². The van der Waals surface area contributed by atoms with Gasteiger partial charge in [-0.05, 0) is 13.8 Å². The molecule has 0 aromatic heterocycles. The molecule has 1 aliphatic heterocycles. The van der Waals surface area contributed by atoms with Crippen LogP contribution in [-0.4, -0.2) is 37.5 Å². The molecule has 2 atom stereocenters. The van der Waals surface area contributed by atoms with Crippen LogP contribution in [0.2, 0.25) is 0 Å². The molecule has 0 saturated heterocycles. The molecular weight excluding hydrogens is 342 g/mol. The van der Waals surface area contributed by atoms with Gasteiger partial charge in [0.1, 0.15) is 39.9 Å². The van der Waals surface area contributed by atoms with Crippen molar-refractivity contribution in [3.8, 4) is 17.2 Å². The zero-order valence-corrected chi connectivity index (χ0v) is 14.7. The first-order valence-corrected chi connectivity index (χ1v) is 7.76. The van der Waals surface area contributed by atoms with E-state index in [2.05, 4.69) is 0 Å². The van der Waals surface area contributed by atoms with Crippen LogP contribution >= 0.6 is 0 Å². The van der Waals surface area contributed by atoms with Crippen molar-refractivity contribution in [3.63, 3.8) is 0 Å². The summed E-state index contributed by atoms with van der Waals surface area (Å²) in [6.45, 7) is 2.70. The summed E-state index contributed by atoms with van der Waals surface area (Å²) < 4.78 is 16.2. The lowest BCUT2D eigenvalue weighted by Gasteiger charge is -2.30. The van der Waals surface area contributed by atoms with Gasteiger partial charge in [-0.1, -0.05) is 0 Å². The normalized spacial score (nSPS) is 23.5. The first-order chi connectivity index (χ1) is 12.2. The second kappa shape index (κ2) is 5.69. The van der Waals surface area contributed by atoms with Crippen molar-refractivity contribution in [2.45, 2.75) is 19.3 Å². The lowest BCUT2D eigenvalue weighted by atomic mass is 9.67. The van der Waals surface area contributed by atoms with Crippen LogP contribution in [0.15, 0.2) is 17.9 Å². The lowest BCUT2D eigenvalue weighted by Crippen LogP contribution is -2.47. The quantitative estimate of drug-likeness (QED) is 0.785. The number of hydrogen-bond acceptors (Lipinski definition) is 7. The molecule has 1 amide bonds. The summed E-state index contributed by atoms with van der Waals surface area (Å²) in [6, 6.07) is 1.42. The van der Waals surface area contributed by atoms with E-state index in [-0.39, 0.29) is 34.1 Å². The van der Waals surface area contributed by atoms with Crippen molar-refractivity contribution in [1.82, 2.24) is 0 Å². The highest BCUT2D eigenvalue weighted by atomic mass is 16.5. The summed E-state index contributed by atoms with van der Waals surface area (Å²) in [5.74, 6) is -3.77. The van der Waals surface area contributed by atoms with E-state index in [9.17, 15) is 19.2 Å². The maximum Gasteiger partial charge on any atom is 0.256 e. The molecule has 8 nitrogen and oxygen atoms in total. The minimum Gasteiger partial charge on any atom is -0.496 e. The lowest BCUT2D eigenvalue weighted by molar-refractivity contribution is -0.140. The van der Waals surface area contributed by atoms with Gasteiger partial charge < -0.3 is 19.9 Å². The summed E-state index contributed by atoms with van der Waals surface area (Å²) in [4.78, 5) is 49.1. The molecule has 2 N–H and O–H groups in total. The SMILES string of the molecule is COc1cc(OC)c2c(c1C(N)=O)OC1=CC(=O)C(C(C)=O)C(=O)[C@]12C. The molecule has 2 aliphatic rings. The number of primary amides is 1. The van der Waals surface area contributed by atoms with Gasteiger partial charge in [0.25, 0.3) is 5.91 Å². The van der Waals surface area contributed by atoms with Gasteiger partial charge in [0.05, 0.1) is 19.8 Å². The van der Waals surface area contributed by atoms with Crippen molar-refractivity contribution in [2.75, 3.05) is 14.2 Å². The number of benzene rings is 1.